The lowest BCUT2D eigenvalue weighted by atomic mass is 10.1. The Kier molecular flexibility index (Phi) is 5.01. The van der Waals surface area contributed by atoms with Crippen molar-refractivity contribution in [2.75, 3.05) is 24.5 Å². The van der Waals surface area contributed by atoms with Gasteiger partial charge in [-0.15, -0.1) is 12.4 Å². The van der Waals surface area contributed by atoms with Gasteiger partial charge in [0.05, 0.1) is 0 Å². The van der Waals surface area contributed by atoms with Gasteiger partial charge in [0, 0.05) is 56.1 Å². The summed E-state index contributed by atoms with van der Waals surface area (Å²) in [5, 5.41) is 13.6. The van der Waals surface area contributed by atoms with E-state index in [9.17, 15) is 4.79 Å². The normalized spacial score (nSPS) is 19.5. The molecule has 2 aliphatic heterocycles. The van der Waals surface area contributed by atoms with E-state index in [2.05, 4.69) is 30.7 Å². The average molecular weight is 349 g/mol. The third kappa shape index (κ3) is 3.22. The topological polar surface area (TPSA) is 85.9 Å². The molecule has 24 heavy (non-hydrogen) atoms. The fourth-order valence-corrected chi connectivity index (χ4v) is 3.29. The molecule has 0 saturated carbocycles. The summed E-state index contributed by atoms with van der Waals surface area (Å²) >= 11 is 0. The van der Waals surface area contributed by atoms with Gasteiger partial charge in [0.15, 0.2) is 5.69 Å². The van der Waals surface area contributed by atoms with E-state index in [1.54, 1.807) is 6.20 Å². The van der Waals surface area contributed by atoms with Crippen molar-refractivity contribution in [3.8, 4) is 0 Å². The summed E-state index contributed by atoms with van der Waals surface area (Å²) in [6.45, 7) is 3.33. The minimum Gasteiger partial charge on any atom is -0.354 e. The zero-order valence-corrected chi connectivity index (χ0v) is 14.1. The van der Waals surface area contributed by atoms with Crippen molar-refractivity contribution in [3.05, 3.63) is 41.3 Å². The first-order valence-electron chi connectivity index (χ1n) is 8.05. The number of nitrogens with zero attached hydrogens (tertiary/aromatic N) is 3. The van der Waals surface area contributed by atoms with Crippen LogP contribution in [0.25, 0.3) is 0 Å². The monoisotopic (exact) mass is 348 g/mol. The molecule has 7 nitrogen and oxygen atoms in total. The maximum atomic E-state index is 12.5. The van der Waals surface area contributed by atoms with Crippen molar-refractivity contribution in [3.63, 3.8) is 0 Å². The van der Waals surface area contributed by atoms with Crippen LogP contribution < -0.4 is 15.5 Å². The Labute approximate surface area is 146 Å². The molecule has 2 aliphatic rings. The molecule has 4 rings (SSSR count). The molecule has 4 heterocycles. The van der Waals surface area contributed by atoms with E-state index in [0.717, 1.165) is 49.6 Å². The Morgan fingerprint density at radius 1 is 1.38 bits per heavy atom. The van der Waals surface area contributed by atoms with Crippen LogP contribution >= 0.6 is 12.4 Å². The summed E-state index contributed by atoms with van der Waals surface area (Å²) in [4.78, 5) is 19.1. The largest absolute Gasteiger partial charge is 0.354 e. The summed E-state index contributed by atoms with van der Waals surface area (Å²) < 4.78 is 0. The fourth-order valence-electron chi connectivity index (χ4n) is 3.29. The van der Waals surface area contributed by atoms with Crippen LogP contribution in [0.5, 0.6) is 0 Å². The van der Waals surface area contributed by atoms with Crippen LogP contribution in [-0.2, 0) is 13.0 Å². The smallest absolute Gasteiger partial charge is 0.272 e. The summed E-state index contributed by atoms with van der Waals surface area (Å²) in [7, 11) is 0. The predicted octanol–water partition coefficient (Wildman–Crippen LogP) is 0.881. The number of rotatable bonds is 3. The zero-order valence-electron chi connectivity index (χ0n) is 13.3. The number of nitrogens with one attached hydrogen (secondary N) is 3. The number of amides is 1. The van der Waals surface area contributed by atoms with E-state index >= 15 is 0 Å². The standard InChI is InChI=1S/C16H20N6O.ClH/c23-16(15-12-9-17-7-4-13(12)20-21-15)19-11-5-8-22(10-11)14-3-1-2-6-18-14;/h1-3,6,11,17H,4-5,7-10H2,(H,19,23)(H,20,21);1H. The molecular formula is C16H21ClN6O. The van der Waals surface area contributed by atoms with E-state index in [0.29, 0.717) is 12.2 Å². The molecule has 1 unspecified atom stereocenters. The quantitative estimate of drug-likeness (QED) is 0.766. The first-order chi connectivity index (χ1) is 11.3. The Morgan fingerprint density at radius 2 is 2.29 bits per heavy atom. The van der Waals surface area contributed by atoms with E-state index < -0.39 is 0 Å². The summed E-state index contributed by atoms with van der Waals surface area (Å²) in [5.41, 5.74) is 2.62. The van der Waals surface area contributed by atoms with Gasteiger partial charge in [-0.05, 0) is 18.6 Å². The number of pyridine rings is 1. The number of hydrogen-bond donors (Lipinski definition) is 3. The maximum Gasteiger partial charge on any atom is 0.272 e. The molecule has 0 radical (unpaired) electrons. The predicted molar refractivity (Wildman–Crippen MR) is 93.6 cm³/mol. The molecule has 3 N–H and O–H groups in total. The van der Waals surface area contributed by atoms with Crippen LogP contribution in [0.2, 0.25) is 0 Å². The number of halogens is 1. The first-order valence-corrected chi connectivity index (χ1v) is 8.05. The van der Waals surface area contributed by atoms with Gasteiger partial charge in [-0.3, -0.25) is 9.89 Å². The fraction of sp³-hybridized carbons (Fsp3) is 0.438. The van der Waals surface area contributed by atoms with Gasteiger partial charge in [0.1, 0.15) is 5.82 Å². The van der Waals surface area contributed by atoms with E-state index in [-0.39, 0.29) is 24.4 Å². The SMILES string of the molecule is Cl.O=C(NC1CCN(c2ccccn2)C1)c1n[nH]c2c1CNCC2. The highest BCUT2D eigenvalue weighted by Gasteiger charge is 2.27. The molecular weight excluding hydrogens is 328 g/mol. The molecule has 2 aromatic rings. The van der Waals surface area contributed by atoms with Crippen LogP contribution in [0.3, 0.4) is 0 Å². The number of fused-ring (bicyclic) bond motifs is 1. The molecule has 128 valence electrons. The van der Waals surface area contributed by atoms with Crippen LogP contribution in [0.4, 0.5) is 5.82 Å². The third-order valence-corrected chi connectivity index (χ3v) is 4.52. The van der Waals surface area contributed by atoms with Gasteiger partial charge in [-0.1, -0.05) is 6.07 Å². The van der Waals surface area contributed by atoms with Crippen LogP contribution in [-0.4, -0.2) is 46.8 Å². The third-order valence-electron chi connectivity index (χ3n) is 4.52. The van der Waals surface area contributed by atoms with E-state index in [4.69, 9.17) is 0 Å². The highest BCUT2D eigenvalue weighted by Crippen LogP contribution is 2.19. The second-order valence-electron chi connectivity index (χ2n) is 6.05. The molecule has 0 aromatic carbocycles. The minimum absolute atomic E-state index is 0. The number of H-pyrrole nitrogens is 1. The van der Waals surface area contributed by atoms with Crippen molar-refractivity contribution in [1.82, 2.24) is 25.8 Å². The Bertz CT molecular complexity index is 704. The molecule has 0 spiro atoms. The summed E-state index contributed by atoms with van der Waals surface area (Å²) in [6.07, 6.45) is 3.62. The van der Waals surface area contributed by atoms with Crippen molar-refractivity contribution >= 4 is 24.1 Å². The lowest BCUT2D eigenvalue weighted by Crippen LogP contribution is -2.38. The molecule has 0 bridgehead atoms. The highest BCUT2D eigenvalue weighted by molar-refractivity contribution is 5.94. The van der Waals surface area contributed by atoms with Gasteiger partial charge < -0.3 is 15.5 Å². The van der Waals surface area contributed by atoms with Crippen molar-refractivity contribution in [2.45, 2.75) is 25.4 Å². The molecule has 1 amide bonds. The molecule has 8 heteroatoms. The molecule has 2 aromatic heterocycles. The lowest BCUT2D eigenvalue weighted by Gasteiger charge is -2.18. The minimum atomic E-state index is -0.0842. The Balaban J connectivity index is 0.00000169. The van der Waals surface area contributed by atoms with Crippen molar-refractivity contribution < 1.29 is 4.79 Å². The Morgan fingerprint density at radius 3 is 3.12 bits per heavy atom. The van der Waals surface area contributed by atoms with Crippen molar-refractivity contribution in [1.29, 1.82) is 0 Å². The van der Waals surface area contributed by atoms with Crippen LogP contribution in [0.15, 0.2) is 24.4 Å². The molecule has 0 aliphatic carbocycles. The number of aromatic nitrogens is 3. The molecule has 1 fully saturated rings. The van der Waals surface area contributed by atoms with Gasteiger partial charge in [-0.25, -0.2) is 4.98 Å². The summed E-state index contributed by atoms with van der Waals surface area (Å²) in [5.74, 6) is 0.879. The van der Waals surface area contributed by atoms with Gasteiger partial charge in [0.2, 0.25) is 0 Å². The van der Waals surface area contributed by atoms with E-state index in [1.807, 2.05) is 18.2 Å². The van der Waals surface area contributed by atoms with Crippen LogP contribution in [0.1, 0.15) is 28.2 Å². The van der Waals surface area contributed by atoms with Gasteiger partial charge in [0.25, 0.3) is 5.91 Å². The second-order valence-corrected chi connectivity index (χ2v) is 6.05. The molecule has 1 saturated heterocycles. The average Bonchev–Trinajstić information content (AvgIpc) is 3.22. The highest BCUT2D eigenvalue weighted by atomic mass is 35.5. The van der Waals surface area contributed by atoms with E-state index in [1.165, 1.54) is 0 Å². The Hall–Kier alpha value is -2.12. The number of carbonyl (C=O) groups excluding carboxylic acids is 1. The first kappa shape index (κ1) is 16.7. The number of aromatic amines is 1. The lowest BCUT2D eigenvalue weighted by molar-refractivity contribution is 0.0934. The number of anilines is 1. The second kappa shape index (κ2) is 7.19. The molecule has 1 atom stereocenters. The van der Waals surface area contributed by atoms with Crippen LogP contribution in [0, 0.1) is 0 Å². The number of hydrogen-bond acceptors (Lipinski definition) is 5. The number of carbonyl (C=O) groups is 1. The zero-order chi connectivity index (χ0) is 15.6. The van der Waals surface area contributed by atoms with Crippen molar-refractivity contribution in [2.24, 2.45) is 0 Å². The maximum absolute atomic E-state index is 12.5. The van der Waals surface area contributed by atoms with Gasteiger partial charge in [-0.2, -0.15) is 5.10 Å². The summed E-state index contributed by atoms with van der Waals surface area (Å²) in [6, 6.07) is 6.03. The van der Waals surface area contributed by atoms with Gasteiger partial charge >= 0.3 is 0 Å².